The summed E-state index contributed by atoms with van der Waals surface area (Å²) in [4.78, 5) is 11.6. The van der Waals surface area contributed by atoms with E-state index in [0.717, 1.165) is 0 Å². The lowest BCUT2D eigenvalue weighted by Gasteiger charge is -2.35. The Kier molecular flexibility index (Phi) is 5.38. The summed E-state index contributed by atoms with van der Waals surface area (Å²) < 4.78 is 28.7. The summed E-state index contributed by atoms with van der Waals surface area (Å²) in [6, 6.07) is 0. The van der Waals surface area contributed by atoms with Crippen LogP contribution < -0.4 is 0 Å². The standard InChI is InChI=1S/C13H24O5S/c1-4-18-12(14)11-5-7-13(15,8-6-11)9-19(16,17)10(2)3/h10-11,15H,4-9H2,1-3H3. The number of carbonyl (C=O) groups is 1. The molecule has 1 rings (SSSR count). The van der Waals surface area contributed by atoms with E-state index in [4.69, 9.17) is 4.74 Å². The molecule has 0 aromatic rings. The average Bonchev–Trinajstić information content (AvgIpc) is 2.28. The van der Waals surface area contributed by atoms with Gasteiger partial charge in [0.05, 0.1) is 29.1 Å². The van der Waals surface area contributed by atoms with Crippen LogP contribution in [0.1, 0.15) is 46.5 Å². The maximum absolute atomic E-state index is 11.9. The minimum absolute atomic E-state index is 0.207. The van der Waals surface area contributed by atoms with Gasteiger partial charge in [0, 0.05) is 0 Å². The first-order valence-corrected chi connectivity index (χ1v) is 8.52. The SMILES string of the molecule is CCOC(=O)C1CCC(O)(CS(=O)(=O)C(C)C)CC1. The van der Waals surface area contributed by atoms with Crippen LogP contribution in [0, 0.1) is 5.92 Å². The summed E-state index contributed by atoms with van der Waals surface area (Å²) in [7, 11) is -3.27. The molecule has 6 heteroatoms. The molecular formula is C13H24O5S. The molecule has 19 heavy (non-hydrogen) atoms. The van der Waals surface area contributed by atoms with Crippen LogP contribution in [-0.4, -0.2) is 42.7 Å². The van der Waals surface area contributed by atoms with Gasteiger partial charge in [0.1, 0.15) is 0 Å². The van der Waals surface area contributed by atoms with Crippen LogP contribution >= 0.6 is 0 Å². The fourth-order valence-corrected chi connectivity index (χ4v) is 3.71. The highest BCUT2D eigenvalue weighted by molar-refractivity contribution is 7.92. The lowest BCUT2D eigenvalue weighted by atomic mass is 9.80. The van der Waals surface area contributed by atoms with Gasteiger partial charge in [-0.3, -0.25) is 4.79 Å². The Bertz CT molecular complexity index is 405. The van der Waals surface area contributed by atoms with Gasteiger partial charge in [-0.15, -0.1) is 0 Å². The van der Waals surface area contributed by atoms with E-state index in [1.165, 1.54) is 0 Å². The molecule has 0 heterocycles. The van der Waals surface area contributed by atoms with Gasteiger partial charge in [0.2, 0.25) is 0 Å². The number of hydrogen-bond donors (Lipinski definition) is 1. The van der Waals surface area contributed by atoms with Gasteiger partial charge >= 0.3 is 5.97 Å². The number of hydrogen-bond acceptors (Lipinski definition) is 5. The molecule has 0 atom stereocenters. The van der Waals surface area contributed by atoms with Crippen LogP contribution in [-0.2, 0) is 19.4 Å². The van der Waals surface area contributed by atoms with Gasteiger partial charge in [-0.1, -0.05) is 0 Å². The van der Waals surface area contributed by atoms with E-state index in [1.54, 1.807) is 20.8 Å². The molecule has 0 aromatic heterocycles. The van der Waals surface area contributed by atoms with Crippen LogP contribution in [0.4, 0.5) is 0 Å². The fraction of sp³-hybridized carbons (Fsp3) is 0.923. The summed E-state index contributed by atoms with van der Waals surface area (Å²) in [6.07, 6.45) is 1.65. The molecule has 1 fully saturated rings. The van der Waals surface area contributed by atoms with Crippen molar-refractivity contribution in [2.45, 2.75) is 57.3 Å². The number of sulfone groups is 1. The Morgan fingerprint density at radius 1 is 1.37 bits per heavy atom. The minimum atomic E-state index is -3.27. The maximum Gasteiger partial charge on any atom is 0.308 e. The largest absolute Gasteiger partial charge is 0.466 e. The number of esters is 1. The first-order valence-electron chi connectivity index (χ1n) is 6.81. The zero-order chi connectivity index (χ0) is 14.7. The summed E-state index contributed by atoms with van der Waals surface area (Å²) in [5, 5.41) is 9.87. The van der Waals surface area contributed by atoms with E-state index in [2.05, 4.69) is 0 Å². The third kappa shape index (κ3) is 4.45. The molecule has 0 saturated heterocycles. The highest BCUT2D eigenvalue weighted by atomic mass is 32.2. The number of carbonyl (C=O) groups excluding carboxylic acids is 1. The molecule has 5 nitrogen and oxygen atoms in total. The van der Waals surface area contributed by atoms with Crippen molar-refractivity contribution in [2.75, 3.05) is 12.4 Å². The first kappa shape index (κ1) is 16.4. The molecule has 1 aliphatic carbocycles. The Balaban J connectivity index is 2.59. The van der Waals surface area contributed by atoms with Gasteiger partial charge in [-0.2, -0.15) is 0 Å². The van der Waals surface area contributed by atoms with Crippen molar-refractivity contribution in [1.29, 1.82) is 0 Å². The van der Waals surface area contributed by atoms with Crippen LogP contribution in [0.15, 0.2) is 0 Å². The molecule has 112 valence electrons. The highest BCUT2D eigenvalue weighted by Crippen LogP contribution is 2.34. The van der Waals surface area contributed by atoms with Crippen LogP contribution in [0.25, 0.3) is 0 Å². The monoisotopic (exact) mass is 292 g/mol. The fourth-order valence-electron chi connectivity index (χ4n) is 2.34. The van der Waals surface area contributed by atoms with E-state index >= 15 is 0 Å². The van der Waals surface area contributed by atoms with Crippen molar-refractivity contribution < 1.29 is 23.1 Å². The molecule has 0 aromatic carbocycles. The predicted octanol–water partition coefficient (Wildman–Crippen LogP) is 1.29. The van der Waals surface area contributed by atoms with Crippen molar-refractivity contribution >= 4 is 15.8 Å². The Morgan fingerprint density at radius 2 is 1.89 bits per heavy atom. The van der Waals surface area contributed by atoms with Gasteiger partial charge in [0.25, 0.3) is 0 Å². The Morgan fingerprint density at radius 3 is 2.32 bits per heavy atom. The quantitative estimate of drug-likeness (QED) is 0.772. The van der Waals surface area contributed by atoms with E-state index in [-0.39, 0.29) is 17.6 Å². The third-order valence-electron chi connectivity index (χ3n) is 3.72. The highest BCUT2D eigenvalue weighted by Gasteiger charge is 2.40. The first-order chi connectivity index (χ1) is 8.70. The van der Waals surface area contributed by atoms with Gasteiger partial charge in [0.15, 0.2) is 9.84 Å². The molecule has 0 bridgehead atoms. The van der Waals surface area contributed by atoms with Crippen LogP contribution in [0.3, 0.4) is 0 Å². The topological polar surface area (TPSA) is 80.7 Å². The number of rotatable bonds is 5. The summed E-state index contributed by atoms with van der Waals surface area (Å²) >= 11 is 0. The molecule has 0 unspecified atom stereocenters. The van der Waals surface area contributed by atoms with Gasteiger partial charge in [-0.05, 0) is 46.5 Å². The van der Waals surface area contributed by atoms with Gasteiger partial charge in [-0.25, -0.2) is 8.42 Å². The predicted molar refractivity (Wildman–Crippen MR) is 72.5 cm³/mol. The second-order valence-electron chi connectivity index (χ2n) is 5.61. The lowest BCUT2D eigenvalue weighted by molar-refractivity contribution is -0.150. The smallest absolute Gasteiger partial charge is 0.308 e. The summed E-state index contributed by atoms with van der Waals surface area (Å²) in [6.45, 7) is 5.33. The number of aliphatic hydroxyl groups is 1. The van der Waals surface area contributed by atoms with Crippen molar-refractivity contribution in [2.24, 2.45) is 5.92 Å². The van der Waals surface area contributed by atoms with E-state index in [0.29, 0.717) is 32.3 Å². The molecule has 0 amide bonds. The van der Waals surface area contributed by atoms with E-state index < -0.39 is 20.7 Å². The minimum Gasteiger partial charge on any atom is -0.466 e. The van der Waals surface area contributed by atoms with E-state index in [9.17, 15) is 18.3 Å². The molecule has 1 N–H and O–H groups in total. The van der Waals surface area contributed by atoms with Crippen molar-refractivity contribution in [1.82, 2.24) is 0 Å². The molecule has 0 aliphatic heterocycles. The molecule has 0 radical (unpaired) electrons. The van der Waals surface area contributed by atoms with Crippen LogP contribution in [0.2, 0.25) is 0 Å². The van der Waals surface area contributed by atoms with E-state index in [1.807, 2.05) is 0 Å². The van der Waals surface area contributed by atoms with Crippen molar-refractivity contribution in [3.05, 3.63) is 0 Å². The maximum atomic E-state index is 11.9. The summed E-state index contributed by atoms with van der Waals surface area (Å²) in [5.74, 6) is -0.661. The summed E-state index contributed by atoms with van der Waals surface area (Å²) in [5.41, 5.74) is -1.19. The van der Waals surface area contributed by atoms with Gasteiger partial charge < -0.3 is 9.84 Å². The third-order valence-corrected chi connectivity index (χ3v) is 6.10. The normalized spacial score (nSPS) is 28.4. The van der Waals surface area contributed by atoms with Crippen LogP contribution in [0.5, 0.6) is 0 Å². The van der Waals surface area contributed by atoms with Crippen molar-refractivity contribution in [3.63, 3.8) is 0 Å². The molecule has 1 saturated carbocycles. The second kappa shape index (κ2) is 6.22. The molecular weight excluding hydrogens is 268 g/mol. The Labute approximate surface area is 115 Å². The second-order valence-corrected chi connectivity index (χ2v) is 8.16. The molecule has 1 aliphatic rings. The average molecular weight is 292 g/mol. The number of ether oxygens (including phenoxy) is 1. The Hall–Kier alpha value is -0.620. The lowest BCUT2D eigenvalue weighted by Crippen LogP contribution is -2.43. The zero-order valence-electron chi connectivity index (χ0n) is 11.9. The van der Waals surface area contributed by atoms with Crippen molar-refractivity contribution in [3.8, 4) is 0 Å². The molecule has 0 spiro atoms. The zero-order valence-corrected chi connectivity index (χ0v) is 12.7.